The highest BCUT2D eigenvalue weighted by atomic mass is 35.5. The van der Waals surface area contributed by atoms with Gasteiger partial charge in [-0.15, -0.1) is 10.2 Å². The molecule has 3 atom stereocenters. The average molecular weight is 426 g/mol. The van der Waals surface area contributed by atoms with Gasteiger partial charge in [0.1, 0.15) is 11.9 Å². The van der Waals surface area contributed by atoms with Crippen LogP contribution < -0.4 is 10.6 Å². The predicted octanol–water partition coefficient (Wildman–Crippen LogP) is 3.27. The zero-order valence-electron chi connectivity index (χ0n) is 16.8. The fourth-order valence-corrected chi connectivity index (χ4v) is 4.73. The lowest BCUT2D eigenvalue weighted by Crippen LogP contribution is -2.38. The van der Waals surface area contributed by atoms with Gasteiger partial charge in [-0.1, -0.05) is 28.9 Å². The maximum atomic E-state index is 6.18. The van der Waals surface area contributed by atoms with Crippen LogP contribution in [0.5, 0.6) is 0 Å². The van der Waals surface area contributed by atoms with Gasteiger partial charge in [0, 0.05) is 42.7 Å². The van der Waals surface area contributed by atoms with Crippen LogP contribution in [0.3, 0.4) is 0 Å². The molecule has 9 heteroatoms. The zero-order valence-corrected chi connectivity index (χ0v) is 17.5. The van der Waals surface area contributed by atoms with E-state index in [1.54, 1.807) is 12.3 Å². The summed E-state index contributed by atoms with van der Waals surface area (Å²) in [6, 6.07) is 3.86. The Morgan fingerprint density at radius 3 is 2.97 bits per heavy atom. The Morgan fingerprint density at radius 1 is 1.27 bits per heavy atom. The van der Waals surface area contributed by atoms with Crippen molar-refractivity contribution in [3.63, 3.8) is 0 Å². The summed E-state index contributed by atoms with van der Waals surface area (Å²) < 4.78 is 2.01. The minimum atomic E-state index is 0.0389. The molecular weight excluding hydrogens is 402 g/mol. The van der Waals surface area contributed by atoms with Gasteiger partial charge in [-0.05, 0) is 37.5 Å². The number of anilines is 2. The fourth-order valence-electron chi connectivity index (χ4n) is 4.48. The van der Waals surface area contributed by atoms with Crippen LogP contribution in [-0.4, -0.2) is 44.2 Å². The highest BCUT2D eigenvalue weighted by Gasteiger charge is 2.38. The second-order valence-electron chi connectivity index (χ2n) is 7.99. The lowest BCUT2D eigenvalue weighted by molar-refractivity contribution is 0.0556. The monoisotopic (exact) mass is 425 g/mol. The number of oxime groups is 1. The minimum Gasteiger partial charge on any atom is -0.391 e. The SMILES string of the molecule is Cn1c(-c2ccc(N)nc2)nnc1N1CCC[C@@H]1C1=NOC(C2C=C(Cl)C=CC2)C1. The Kier molecular flexibility index (Phi) is 4.94. The molecule has 3 aliphatic rings. The molecule has 0 radical (unpaired) electrons. The van der Waals surface area contributed by atoms with Gasteiger partial charge in [0.05, 0.1) is 11.8 Å². The van der Waals surface area contributed by atoms with E-state index in [4.69, 9.17) is 22.2 Å². The number of nitrogen functional groups attached to an aromatic ring is 1. The lowest BCUT2D eigenvalue weighted by Gasteiger charge is -2.25. The topological polar surface area (TPSA) is 94.5 Å². The van der Waals surface area contributed by atoms with Crippen molar-refractivity contribution in [2.75, 3.05) is 17.2 Å². The number of hydrogen-bond donors (Lipinski definition) is 1. The number of nitrogens with two attached hydrogens (primary N) is 1. The van der Waals surface area contributed by atoms with Crippen molar-refractivity contribution < 1.29 is 4.84 Å². The average Bonchev–Trinajstić information content (AvgIpc) is 3.47. The summed E-state index contributed by atoms with van der Waals surface area (Å²) in [5.41, 5.74) is 7.67. The number of allylic oxidation sites excluding steroid dienone is 3. The molecule has 4 heterocycles. The number of nitrogens with zero attached hydrogens (tertiary/aromatic N) is 6. The van der Waals surface area contributed by atoms with Crippen molar-refractivity contribution in [3.05, 3.63) is 41.6 Å². The summed E-state index contributed by atoms with van der Waals surface area (Å²) in [5, 5.41) is 14.1. The second-order valence-corrected chi connectivity index (χ2v) is 8.43. The van der Waals surface area contributed by atoms with E-state index >= 15 is 0 Å². The van der Waals surface area contributed by atoms with Gasteiger partial charge in [0.15, 0.2) is 5.82 Å². The van der Waals surface area contributed by atoms with Gasteiger partial charge in [-0.3, -0.25) is 4.57 Å². The van der Waals surface area contributed by atoms with Gasteiger partial charge in [0.2, 0.25) is 5.95 Å². The van der Waals surface area contributed by atoms with E-state index in [9.17, 15) is 0 Å². The number of aromatic nitrogens is 4. The molecule has 2 aromatic heterocycles. The van der Waals surface area contributed by atoms with Gasteiger partial charge in [-0.25, -0.2) is 4.98 Å². The van der Waals surface area contributed by atoms with Crippen molar-refractivity contribution in [2.24, 2.45) is 18.1 Å². The van der Waals surface area contributed by atoms with Crippen LogP contribution in [0.25, 0.3) is 11.4 Å². The van der Waals surface area contributed by atoms with Gasteiger partial charge < -0.3 is 15.5 Å². The molecule has 1 saturated heterocycles. The molecule has 30 heavy (non-hydrogen) atoms. The third kappa shape index (κ3) is 3.45. The van der Waals surface area contributed by atoms with Crippen molar-refractivity contribution in [1.82, 2.24) is 19.7 Å². The van der Waals surface area contributed by atoms with Crippen LogP contribution in [0, 0.1) is 5.92 Å². The van der Waals surface area contributed by atoms with Crippen molar-refractivity contribution in [2.45, 2.75) is 37.8 Å². The van der Waals surface area contributed by atoms with Crippen molar-refractivity contribution in [1.29, 1.82) is 0 Å². The highest BCUT2D eigenvalue weighted by Crippen LogP contribution is 2.34. The van der Waals surface area contributed by atoms with E-state index in [2.05, 4.69) is 37.4 Å². The highest BCUT2D eigenvalue weighted by molar-refractivity contribution is 6.31. The molecular formula is C21H24ClN7O. The molecule has 8 nitrogen and oxygen atoms in total. The molecule has 1 fully saturated rings. The van der Waals surface area contributed by atoms with E-state index in [1.165, 1.54) is 0 Å². The standard InChI is InChI=1S/C21H24ClN7O/c1-28-20(14-7-8-19(23)24-12-14)25-26-21(28)29-9-3-6-17(29)16-11-18(30-27-16)13-4-2-5-15(22)10-13/h2,5,7-8,10,12-13,17-18H,3-4,6,9,11H2,1H3,(H2,23,24)/t13?,17-,18?/m1/s1. The molecule has 5 rings (SSSR count). The smallest absolute Gasteiger partial charge is 0.227 e. The molecule has 2 unspecified atom stereocenters. The number of halogens is 1. The third-order valence-electron chi connectivity index (χ3n) is 6.04. The Bertz CT molecular complexity index is 1030. The summed E-state index contributed by atoms with van der Waals surface area (Å²) in [4.78, 5) is 12.3. The first-order valence-electron chi connectivity index (χ1n) is 10.2. The Morgan fingerprint density at radius 2 is 2.17 bits per heavy atom. The first-order valence-corrected chi connectivity index (χ1v) is 10.6. The van der Waals surface area contributed by atoms with Crippen LogP contribution in [0.1, 0.15) is 25.7 Å². The van der Waals surface area contributed by atoms with E-state index in [0.29, 0.717) is 5.82 Å². The van der Waals surface area contributed by atoms with Crippen molar-refractivity contribution >= 4 is 29.1 Å². The van der Waals surface area contributed by atoms with Crippen LogP contribution in [0.2, 0.25) is 0 Å². The maximum absolute atomic E-state index is 6.18. The maximum Gasteiger partial charge on any atom is 0.227 e. The Labute approximate surface area is 180 Å². The molecule has 156 valence electrons. The molecule has 2 aromatic rings. The first kappa shape index (κ1) is 19.1. The van der Waals surface area contributed by atoms with E-state index < -0.39 is 0 Å². The molecule has 0 amide bonds. The van der Waals surface area contributed by atoms with E-state index in [1.807, 2.05) is 23.8 Å². The Balaban J connectivity index is 1.34. The summed E-state index contributed by atoms with van der Waals surface area (Å²) in [5.74, 6) is 2.34. The van der Waals surface area contributed by atoms with Crippen LogP contribution in [-0.2, 0) is 11.9 Å². The first-order chi connectivity index (χ1) is 14.6. The van der Waals surface area contributed by atoms with E-state index in [0.717, 1.165) is 60.3 Å². The van der Waals surface area contributed by atoms with Gasteiger partial charge >= 0.3 is 0 Å². The molecule has 2 N–H and O–H groups in total. The molecule has 0 saturated carbocycles. The lowest BCUT2D eigenvalue weighted by atomic mass is 9.90. The normalized spacial score (nSPS) is 25.9. The van der Waals surface area contributed by atoms with Crippen LogP contribution in [0.4, 0.5) is 11.8 Å². The Hall–Kier alpha value is -2.87. The molecule has 0 spiro atoms. The summed E-state index contributed by atoms with van der Waals surface area (Å²) >= 11 is 6.18. The quantitative estimate of drug-likeness (QED) is 0.807. The minimum absolute atomic E-state index is 0.0389. The largest absolute Gasteiger partial charge is 0.391 e. The van der Waals surface area contributed by atoms with Gasteiger partial charge in [0.25, 0.3) is 0 Å². The molecule has 2 aliphatic heterocycles. The van der Waals surface area contributed by atoms with E-state index in [-0.39, 0.29) is 18.1 Å². The summed E-state index contributed by atoms with van der Waals surface area (Å²) in [7, 11) is 1.98. The van der Waals surface area contributed by atoms with Gasteiger partial charge in [-0.2, -0.15) is 0 Å². The third-order valence-corrected chi connectivity index (χ3v) is 6.29. The number of rotatable bonds is 4. The number of pyridine rings is 1. The number of hydrogen-bond acceptors (Lipinski definition) is 7. The predicted molar refractivity (Wildman–Crippen MR) is 117 cm³/mol. The molecule has 0 aromatic carbocycles. The summed E-state index contributed by atoms with van der Waals surface area (Å²) in [6.07, 6.45) is 11.7. The second kappa shape index (κ2) is 7.75. The zero-order chi connectivity index (χ0) is 20.7. The molecule has 0 bridgehead atoms. The summed E-state index contributed by atoms with van der Waals surface area (Å²) in [6.45, 7) is 0.915. The fraction of sp³-hybridized carbons (Fsp3) is 0.429. The van der Waals surface area contributed by atoms with Crippen molar-refractivity contribution in [3.8, 4) is 11.4 Å². The molecule has 1 aliphatic carbocycles. The van der Waals surface area contributed by atoms with Crippen LogP contribution in [0.15, 0.2) is 46.7 Å². The van der Waals surface area contributed by atoms with Crippen LogP contribution >= 0.6 is 11.6 Å².